The summed E-state index contributed by atoms with van der Waals surface area (Å²) in [4.78, 5) is 47.5. The van der Waals surface area contributed by atoms with E-state index in [4.69, 9.17) is 33.0 Å². The SMILES string of the molecule is CC(=O)OCC1O[C@@H](c2ccc(B3OC(C)(C)C(C)(C)O3)cc2)C(OC(C)=O)[C@@H](OC(C)=O)[C@H]1OC(C)=O. The molecule has 1 aromatic carbocycles. The van der Waals surface area contributed by atoms with Gasteiger partial charge in [0.05, 0.1) is 11.2 Å². The quantitative estimate of drug-likeness (QED) is 0.288. The van der Waals surface area contributed by atoms with Gasteiger partial charge in [-0.2, -0.15) is 0 Å². The molecule has 38 heavy (non-hydrogen) atoms. The first-order valence-corrected chi connectivity index (χ1v) is 12.4. The van der Waals surface area contributed by atoms with E-state index in [0.29, 0.717) is 5.56 Å². The lowest BCUT2D eigenvalue weighted by atomic mass is 9.78. The van der Waals surface area contributed by atoms with Gasteiger partial charge in [-0.1, -0.05) is 24.3 Å². The summed E-state index contributed by atoms with van der Waals surface area (Å²) < 4.78 is 40.0. The Kier molecular flexibility index (Phi) is 8.90. The first kappa shape index (κ1) is 29.6. The molecule has 0 aromatic heterocycles. The summed E-state index contributed by atoms with van der Waals surface area (Å²) in [7, 11) is -0.593. The fourth-order valence-electron chi connectivity index (χ4n) is 4.32. The number of rotatable bonds is 7. The Morgan fingerprint density at radius 2 is 1.21 bits per heavy atom. The summed E-state index contributed by atoms with van der Waals surface area (Å²) in [6.45, 7) is 12.3. The molecule has 0 saturated carbocycles. The highest BCUT2D eigenvalue weighted by Gasteiger charge is 2.53. The Balaban J connectivity index is 1.98. The fraction of sp³-hybridized carbons (Fsp3) is 0.615. The Morgan fingerprint density at radius 3 is 1.68 bits per heavy atom. The molecule has 5 atom stereocenters. The topological polar surface area (TPSA) is 133 Å². The minimum atomic E-state index is -1.23. The predicted octanol–water partition coefficient (Wildman–Crippen LogP) is 1.78. The van der Waals surface area contributed by atoms with Crippen molar-refractivity contribution in [2.75, 3.05) is 6.61 Å². The monoisotopic (exact) mass is 534 g/mol. The molecule has 0 N–H and O–H groups in total. The van der Waals surface area contributed by atoms with E-state index < -0.39 is 72.7 Å². The maximum absolute atomic E-state index is 12.1. The molecular weight excluding hydrogens is 499 g/mol. The van der Waals surface area contributed by atoms with Gasteiger partial charge in [-0.05, 0) is 38.7 Å². The summed E-state index contributed by atoms with van der Waals surface area (Å²) in [5.41, 5.74) is 0.299. The number of carbonyl (C=O) groups is 4. The van der Waals surface area contributed by atoms with Gasteiger partial charge in [0.1, 0.15) is 18.8 Å². The summed E-state index contributed by atoms with van der Waals surface area (Å²) >= 11 is 0. The molecule has 0 amide bonds. The molecule has 11 nitrogen and oxygen atoms in total. The third-order valence-corrected chi connectivity index (χ3v) is 6.78. The minimum Gasteiger partial charge on any atom is -0.463 e. The van der Waals surface area contributed by atoms with Crippen molar-refractivity contribution in [3.8, 4) is 0 Å². The molecule has 208 valence electrons. The van der Waals surface area contributed by atoms with Crippen molar-refractivity contribution in [2.45, 2.75) is 97.1 Å². The standard InChI is InChI=1S/C26H35BO11/c1-14(28)32-13-20-22(33-15(2)29)24(35-17(4)31)23(34-16(3)30)21(36-20)18-9-11-19(12-10-18)27-37-25(5,6)26(7,8)38-27/h9-12,20-24H,13H2,1-8H3/t20?,21-,22-,23?,24-/m0/s1. The zero-order valence-electron chi connectivity index (χ0n) is 23.0. The second-order valence-electron chi connectivity index (χ2n) is 10.4. The van der Waals surface area contributed by atoms with E-state index in [1.165, 1.54) is 27.7 Å². The molecule has 2 aliphatic heterocycles. The summed E-state index contributed by atoms with van der Waals surface area (Å²) in [5.74, 6) is -2.61. The average molecular weight is 534 g/mol. The van der Waals surface area contributed by atoms with Crippen LogP contribution in [0.15, 0.2) is 24.3 Å². The van der Waals surface area contributed by atoms with Crippen LogP contribution in [-0.2, 0) is 52.2 Å². The molecular formula is C26H35BO11. The summed E-state index contributed by atoms with van der Waals surface area (Å²) in [6, 6.07) is 7.10. The molecule has 3 rings (SSSR count). The normalized spacial score (nSPS) is 27.8. The molecule has 0 spiro atoms. The molecule has 2 heterocycles. The van der Waals surface area contributed by atoms with Crippen molar-refractivity contribution in [2.24, 2.45) is 0 Å². The third kappa shape index (κ3) is 6.72. The number of esters is 4. The molecule has 0 aliphatic carbocycles. The van der Waals surface area contributed by atoms with Gasteiger partial charge in [0.15, 0.2) is 18.3 Å². The van der Waals surface area contributed by atoms with Gasteiger partial charge in [0.2, 0.25) is 0 Å². The van der Waals surface area contributed by atoms with Gasteiger partial charge >= 0.3 is 31.0 Å². The first-order valence-electron chi connectivity index (χ1n) is 12.4. The highest BCUT2D eigenvalue weighted by Crippen LogP contribution is 2.39. The van der Waals surface area contributed by atoms with Gasteiger partial charge in [-0.15, -0.1) is 0 Å². The zero-order chi connectivity index (χ0) is 28.4. The number of hydrogen-bond donors (Lipinski definition) is 0. The molecule has 12 heteroatoms. The number of ether oxygens (including phenoxy) is 5. The summed E-state index contributed by atoms with van der Waals surface area (Å²) in [5, 5.41) is 0. The van der Waals surface area contributed by atoms with E-state index in [2.05, 4.69) is 0 Å². The number of hydrogen-bond acceptors (Lipinski definition) is 11. The summed E-state index contributed by atoms with van der Waals surface area (Å²) in [6.07, 6.45) is -5.59. The number of benzene rings is 1. The largest absolute Gasteiger partial charge is 0.494 e. The van der Waals surface area contributed by atoms with Gasteiger partial charge < -0.3 is 33.0 Å². The van der Waals surface area contributed by atoms with Crippen LogP contribution in [0.4, 0.5) is 0 Å². The Morgan fingerprint density at radius 1 is 0.737 bits per heavy atom. The van der Waals surface area contributed by atoms with Gasteiger partial charge in [0, 0.05) is 27.7 Å². The van der Waals surface area contributed by atoms with Crippen molar-refractivity contribution >= 4 is 36.5 Å². The lowest BCUT2D eigenvalue weighted by Gasteiger charge is -2.44. The van der Waals surface area contributed by atoms with E-state index in [9.17, 15) is 19.2 Å². The van der Waals surface area contributed by atoms with Crippen LogP contribution < -0.4 is 5.46 Å². The fourth-order valence-corrected chi connectivity index (χ4v) is 4.32. The van der Waals surface area contributed by atoms with Gasteiger partial charge in [-0.25, -0.2) is 0 Å². The van der Waals surface area contributed by atoms with Crippen LogP contribution >= 0.6 is 0 Å². The van der Waals surface area contributed by atoms with Crippen molar-refractivity contribution in [1.29, 1.82) is 0 Å². The molecule has 2 unspecified atom stereocenters. The zero-order valence-corrected chi connectivity index (χ0v) is 23.0. The smallest absolute Gasteiger partial charge is 0.463 e. The second kappa shape index (κ2) is 11.4. The van der Waals surface area contributed by atoms with E-state index in [1.807, 2.05) is 27.7 Å². The van der Waals surface area contributed by atoms with Crippen molar-refractivity contribution in [1.82, 2.24) is 0 Å². The Bertz CT molecular complexity index is 1040. The average Bonchev–Trinajstić information content (AvgIpc) is 3.01. The van der Waals surface area contributed by atoms with Crippen molar-refractivity contribution in [3.05, 3.63) is 29.8 Å². The van der Waals surface area contributed by atoms with Gasteiger partial charge in [-0.3, -0.25) is 19.2 Å². The van der Waals surface area contributed by atoms with Crippen LogP contribution in [0.2, 0.25) is 0 Å². The van der Waals surface area contributed by atoms with Gasteiger partial charge in [0.25, 0.3) is 0 Å². The molecule has 0 bridgehead atoms. The second-order valence-corrected chi connectivity index (χ2v) is 10.4. The van der Waals surface area contributed by atoms with Crippen molar-refractivity contribution < 1.29 is 52.2 Å². The van der Waals surface area contributed by atoms with Crippen LogP contribution in [-0.4, -0.2) is 73.2 Å². The highest BCUT2D eigenvalue weighted by molar-refractivity contribution is 6.62. The third-order valence-electron chi connectivity index (χ3n) is 6.78. The van der Waals surface area contributed by atoms with Crippen LogP contribution in [0, 0.1) is 0 Å². The molecule has 2 aliphatic rings. The molecule has 1 aromatic rings. The van der Waals surface area contributed by atoms with Crippen LogP contribution in [0.3, 0.4) is 0 Å². The van der Waals surface area contributed by atoms with E-state index in [1.54, 1.807) is 24.3 Å². The molecule has 0 radical (unpaired) electrons. The number of carbonyl (C=O) groups excluding carboxylic acids is 4. The van der Waals surface area contributed by atoms with E-state index >= 15 is 0 Å². The van der Waals surface area contributed by atoms with Crippen LogP contribution in [0.5, 0.6) is 0 Å². The predicted molar refractivity (Wildman–Crippen MR) is 133 cm³/mol. The van der Waals surface area contributed by atoms with E-state index in [-0.39, 0.29) is 6.61 Å². The molecule has 2 fully saturated rings. The van der Waals surface area contributed by atoms with Crippen LogP contribution in [0.25, 0.3) is 0 Å². The maximum atomic E-state index is 12.1. The lowest BCUT2D eigenvalue weighted by Crippen LogP contribution is -2.59. The van der Waals surface area contributed by atoms with Crippen molar-refractivity contribution in [3.63, 3.8) is 0 Å². The minimum absolute atomic E-state index is 0.291. The van der Waals surface area contributed by atoms with Crippen LogP contribution in [0.1, 0.15) is 67.1 Å². The highest BCUT2D eigenvalue weighted by atomic mass is 16.7. The Labute approximate surface area is 222 Å². The maximum Gasteiger partial charge on any atom is 0.494 e. The first-order chi connectivity index (χ1) is 17.6. The molecule has 2 saturated heterocycles. The van der Waals surface area contributed by atoms with E-state index in [0.717, 1.165) is 5.46 Å². The lowest BCUT2D eigenvalue weighted by molar-refractivity contribution is -0.254. The Hall–Kier alpha value is -2.96.